The first-order valence-corrected chi connectivity index (χ1v) is 7.15. The van der Waals surface area contributed by atoms with E-state index in [9.17, 15) is 18.0 Å². The van der Waals surface area contributed by atoms with Gasteiger partial charge < -0.3 is 10.6 Å². The Morgan fingerprint density at radius 2 is 1.75 bits per heavy atom. The summed E-state index contributed by atoms with van der Waals surface area (Å²) in [4.78, 5) is 11.9. The average molecular weight is 338 g/mol. The predicted molar refractivity (Wildman–Crippen MR) is 84.0 cm³/mol. The molecule has 1 aromatic carbocycles. The van der Waals surface area contributed by atoms with E-state index in [1.165, 1.54) is 24.3 Å². The van der Waals surface area contributed by atoms with Crippen molar-refractivity contribution in [2.45, 2.75) is 32.5 Å². The van der Waals surface area contributed by atoms with Gasteiger partial charge in [0, 0.05) is 11.2 Å². The number of carbonyl (C=O) groups is 1. The molecule has 1 aromatic heterocycles. The number of halogens is 3. The minimum atomic E-state index is -4.42. The number of carbonyl (C=O) groups excluding carboxylic acids is 1. The van der Waals surface area contributed by atoms with Gasteiger partial charge in [0.05, 0.1) is 5.56 Å². The van der Waals surface area contributed by atoms with Crippen molar-refractivity contribution in [3.8, 4) is 0 Å². The van der Waals surface area contributed by atoms with Crippen LogP contribution in [0.25, 0.3) is 0 Å². The number of rotatable bonds is 3. The monoisotopic (exact) mass is 338 g/mol. The van der Waals surface area contributed by atoms with Crippen molar-refractivity contribution in [1.29, 1.82) is 0 Å². The van der Waals surface area contributed by atoms with Gasteiger partial charge in [0.25, 0.3) is 5.91 Å². The molecular weight excluding hydrogens is 321 g/mol. The fourth-order valence-corrected chi connectivity index (χ4v) is 1.85. The van der Waals surface area contributed by atoms with Crippen molar-refractivity contribution >= 4 is 17.4 Å². The number of alkyl halides is 3. The molecule has 0 aliphatic heterocycles. The van der Waals surface area contributed by atoms with Gasteiger partial charge in [-0.25, -0.2) is 0 Å². The summed E-state index contributed by atoms with van der Waals surface area (Å²) in [6, 6.07) is 7.66. The number of benzene rings is 1. The highest BCUT2D eigenvalue weighted by atomic mass is 19.4. The molecule has 0 saturated carbocycles. The van der Waals surface area contributed by atoms with Gasteiger partial charge in [0.2, 0.25) is 0 Å². The lowest BCUT2D eigenvalue weighted by Crippen LogP contribution is -2.41. The molecule has 0 atom stereocenters. The smallest absolute Gasteiger partial charge is 0.346 e. The van der Waals surface area contributed by atoms with E-state index in [-0.39, 0.29) is 23.1 Å². The summed E-state index contributed by atoms with van der Waals surface area (Å²) in [5.74, 6) is -0.137. The van der Waals surface area contributed by atoms with Crippen LogP contribution in [0, 0.1) is 0 Å². The molecule has 1 amide bonds. The Hall–Kier alpha value is -2.64. The summed E-state index contributed by atoms with van der Waals surface area (Å²) in [5.41, 5.74) is -0.819. The van der Waals surface area contributed by atoms with Crippen molar-refractivity contribution < 1.29 is 18.0 Å². The zero-order chi connectivity index (χ0) is 18.0. The lowest BCUT2D eigenvalue weighted by molar-refractivity contribution is -0.137. The number of nitrogens with zero attached hydrogens (tertiary/aromatic N) is 2. The maximum Gasteiger partial charge on any atom is 0.416 e. The van der Waals surface area contributed by atoms with E-state index in [2.05, 4.69) is 20.8 Å². The van der Waals surface area contributed by atoms with Crippen molar-refractivity contribution in [2.75, 3.05) is 5.32 Å². The first-order chi connectivity index (χ1) is 11.0. The summed E-state index contributed by atoms with van der Waals surface area (Å²) in [6.45, 7) is 5.51. The maximum absolute atomic E-state index is 12.7. The molecule has 1 heterocycles. The normalized spacial score (nSPS) is 11.9. The van der Waals surface area contributed by atoms with E-state index < -0.39 is 17.3 Å². The quantitative estimate of drug-likeness (QED) is 0.894. The van der Waals surface area contributed by atoms with Gasteiger partial charge in [-0.2, -0.15) is 13.2 Å². The van der Waals surface area contributed by atoms with E-state index in [0.29, 0.717) is 0 Å². The van der Waals surface area contributed by atoms with Crippen LogP contribution in [0.5, 0.6) is 0 Å². The number of aromatic nitrogens is 2. The molecule has 0 aliphatic carbocycles. The molecule has 2 aromatic rings. The Bertz CT molecular complexity index is 721. The van der Waals surface area contributed by atoms with Gasteiger partial charge in [0.15, 0.2) is 11.5 Å². The van der Waals surface area contributed by atoms with Crippen molar-refractivity contribution in [1.82, 2.24) is 15.5 Å². The van der Waals surface area contributed by atoms with Gasteiger partial charge in [-0.3, -0.25) is 4.79 Å². The third kappa shape index (κ3) is 4.94. The third-order valence-corrected chi connectivity index (χ3v) is 2.85. The topological polar surface area (TPSA) is 66.9 Å². The van der Waals surface area contributed by atoms with Crippen LogP contribution in [0.3, 0.4) is 0 Å². The molecule has 128 valence electrons. The number of anilines is 2. The predicted octanol–water partition coefficient (Wildman–Crippen LogP) is 3.77. The van der Waals surface area contributed by atoms with Gasteiger partial charge in [-0.1, -0.05) is 6.07 Å². The van der Waals surface area contributed by atoms with Gasteiger partial charge in [-0.15, -0.1) is 10.2 Å². The largest absolute Gasteiger partial charge is 0.416 e. The van der Waals surface area contributed by atoms with Crippen LogP contribution in [0.2, 0.25) is 0 Å². The van der Waals surface area contributed by atoms with Crippen molar-refractivity contribution in [2.24, 2.45) is 0 Å². The molecule has 24 heavy (non-hydrogen) atoms. The Labute approximate surface area is 137 Å². The Kier molecular flexibility index (Phi) is 4.77. The zero-order valence-electron chi connectivity index (χ0n) is 13.4. The van der Waals surface area contributed by atoms with E-state index in [0.717, 1.165) is 12.1 Å². The van der Waals surface area contributed by atoms with Crippen molar-refractivity contribution in [3.63, 3.8) is 0 Å². The average Bonchev–Trinajstić information content (AvgIpc) is 2.45. The van der Waals surface area contributed by atoms with Crippen LogP contribution in [-0.2, 0) is 6.18 Å². The molecule has 0 fully saturated rings. The second kappa shape index (κ2) is 6.46. The first-order valence-electron chi connectivity index (χ1n) is 7.15. The highest BCUT2D eigenvalue weighted by Gasteiger charge is 2.30. The summed E-state index contributed by atoms with van der Waals surface area (Å²) in [5, 5.41) is 13.1. The standard InChI is InChI=1S/C16H17F3N4O/c1-15(2,3)21-14(24)12-7-8-13(23-22-12)20-11-6-4-5-10(9-11)16(17,18)19/h4-9H,1-3H3,(H,20,23)(H,21,24). The highest BCUT2D eigenvalue weighted by molar-refractivity contribution is 5.92. The fourth-order valence-electron chi connectivity index (χ4n) is 1.85. The van der Waals surface area contributed by atoms with E-state index in [1.807, 2.05) is 20.8 Å². The fraction of sp³-hybridized carbons (Fsp3) is 0.312. The molecule has 0 spiro atoms. The maximum atomic E-state index is 12.7. The summed E-state index contributed by atoms with van der Waals surface area (Å²) >= 11 is 0. The van der Waals surface area contributed by atoms with E-state index in [1.54, 1.807) is 0 Å². The zero-order valence-corrected chi connectivity index (χ0v) is 13.4. The Balaban J connectivity index is 2.11. The number of nitrogens with one attached hydrogen (secondary N) is 2. The Morgan fingerprint density at radius 1 is 1.04 bits per heavy atom. The molecule has 8 heteroatoms. The van der Waals surface area contributed by atoms with Crippen molar-refractivity contribution in [3.05, 3.63) is 47.7 Å². The highest BCUT2D eigenvalue weighted by Crippen LogP contribution is 2.31. The van der Waals surface area contributed by atoms with Gasteiger partial charge in [-0.05, 0) is 51.1 Å². The molecule has 2 N–H and O–H groups in total. The second-order valence-electron chi connectivity index (χ2n) is 6.21. The van der Waals surface area contributed by atoms with Crippen LogP contribution in [0.1, 0.15) is 36.8 Å². The first kappa shape index (κ1) is 17.7. The van der Waals surface area contributed by atoms with Crippen LogP contribution < -0.4 is 10.6 Å². The van der Waals surface area contributed by atoms with E-state index in [4.69, 9.17) is 0 Å². The molecule has 0 bridgehead atoms. The van der Waals surface area contributed by atoms with Crippen LogP contribution >= 0.6 is 0 Å². The molecule has 2 rings (SSSR count). The summed E-state index contributed by atoms with van der Waals surface area (Å²) < 4.78 is 38.1. The molecular formula is C16H17F3N4O. The molecule has 0 saturated heterocycles. The van der Waals surface area contributed by atoms with Crippen LogP contribution in [0.4, 0.5) is 24.7 Å². The number of hydrogen-bond acceptors (Lipinski definition) is 4. The summed E-state index contributed by atoms with van der Waals surface area (Å²) in [6.07, 6.45) is -4.42. The lowest BCUT2D eigenvalue weighted by Gasteiger charge is -2.19. The van der Waals surface area contributed by atoms with Crippen LogP contribution in [0.15, 0.2) is 36.4 Å². The molecule has 5 nitrogen and oxygen atoms in total. The van der Waals surface area contributed by atoms with Gasteiger partial charge >= 0.3 is 6.18 Å². The van der Waals surface area contributed by atoms with Gasteiger partial charge in [0.1, 0.15) is 0 Å². The lowest BCUT2D eigenvalue weighted by atomic mass is 10.1. The molecule has 0 unspecified atom stereocenters. The number of amides is 1. The minimum Gasteiger partial charge on any atom is -0.346 e. The Morgan fingerprint density at radius 3 is 2.29 bits per heavy atom. The molecule has 0 radical (unpaired) electrons. The second-order valence-corrected chi connectivity index (χ2v) is 6.21. The number of hydrogen-bond donors (Lipinski definition) is 2. The van der Waals surface area contributed by atoms with Crippen LogP contribution in [-0.4, -0.2) is 21.6 Å². The molecule has 0 aliphatic rings. The third-order valence-electron chi connectivity index (χ3n) is 2.85. The summed E-state index contributed by atoms with van der Waals surface area (Å²) in [7, 11) is 0. The SMILES string of the molecule is CC(C)(C)NC(=O)c1ccc(Nc2cccc(C(F)(F)F)c2)nn1. The van der Waals surface area contributed by atoms with E-state index >= 15 is 0 Å². The minimum absolute atomic E-state index is 0.125.